The summed E-state index contributed by atoms with van der Waals surface area (Å²) in [6.45, 7) is 4.49. The second-order valence-electron chi connectivity index (χ2n) is 11.3. The van der Waals surface area contributed by atoms with E-state index in [4.69, 9.17) is 4.74 Å². The van der Waals surface area contributed by atoms with Crippen LogP contribution in [-0.2, 0) is 22.1 Å². The summed E-state index contributed by atoms with van der Waals surface area (Å²) in [4.78, 5) is 30.8. The number of H-pyrrole nitrogens is 2. The van der Waals surface area contributed by atoms with Gasteiger partial charge in [-0.25, -0.2) is 17.2 Å². The Morgan fingerprint density at radius 3 is 2.43 bits per heavy atom. The maximum absolute atomic E-state index is 13.9. The Kier molecular flexibility index (Phi) is 7.26. The number of rotatable bonds is 8. The lowest BCUT2D eigenvalue weighted by Crippen LogP contribution is -2.51. The van der Waals surface area contributed by atoms with Gasteiger partial charge in [-0.3, -0.25) is 19.6 Å². The van der Waals surface area contributed by atoms with Gasteiger partial charge in [0.15, 0.2) is 5.82 Å². The molecular formula is C29H29F2N7O5S. The van der Waals surface area contributed by atoms with E-state index in [2.05, 4.69) is 30.7 Å². The first kappa shape index (κ1) is 29.5. The summed E-state index contributed by atoms with van der Waals surface area (Å²) in [5, 5.41) is 12.5. The first-order valence-corrected chi connectivity index (χ1v) is 15.1. The fourth-order valence-electron chi connectivity index (χ4n) is 5.43. The van der Waals surface area contributed by atoms with Gasteiger partial charge in [-0.2, -0.15) is 9.40 Å². The number of aromatic amines is 2. The Bertz CT molecular complexity index is 1850. The molecule has 0 radical (unpaired) electrons. The highest BCUT2D eigenvalue weighted by Gasteiger charge is 2.48. The number of hydrogen-bond acceptors (Lipinski definition) is 7. The van der Waals surface area contributed by atoms with Gasteiger partial charge in [-0.15, -0.1) is 0 Å². The molecule has 15 heteroatoms. The summed E-state index contributed by atoms with van der Waals surface area (Å²) in [7, 11) is -2.39. The van der Waals surface area contributed by atoms with Crippen LogP contribution < -0.4 is 15.4 Å². The molecule has 44 heavy (non-hydrogen) atoms. The van der Waals surface area contributed by atoms with Crippen LogP contribution in [0.4, 0.5) is 20.3 Å². The smallest absolute Gasteiger partial charge is 0.272 e. The molecule has 0 atom stereocenters. The molecule has 6 rings (SSSR count). The Hall–Kier alpha value is -4.60. The summed E-state index contributed by atoms with van der Waals surface area (Å²) in [5.41, 5.74) is 0.179. The van der Waals surface area contributed by atoms with Crippen molar-refractivity contribution in [1.29, 1.82) is 0 Å². The number of halogens is 2. The third kappa shape index (κ3) is 5.33. The van der Waals surface area contributed by atoms with Crippen LogP contribution in [0, 0.1) is 11.6 Å². The van der Waals surface area contributed by atoms with Gasteiger partial charge in [0.05, 0.1) is 27.4 Å². The summed E-state index contributed by atoms with van der Waals surface area (Å²) in [6.07, 6.45) is 1.58. The Morgan fingerprint density at radius 1 is 1.05 bits per heavy atom. The van der Waals surface area contributed by atoms with Gasteiger partial charge < -0.3 is 20.4 Å². The molecule has 1 saturated heterocycles. The van der Waals surface area contributed by atoms with Gasteiger partial charge in [0.25, 0.3) is 11.8 Å². The lowest BCUT2D eigenvalue weighted by Gasteiger charge is -2.36. The fourth-order valence-corrected chi connectivity index (χ4v) is 7.20. The molecular weight excluding hydrogens is 596 g/mol. The number of sulfonamides is 1. The van der Waals surface area contributed by atoms with Crippen molar-refractivity contribution in [2.75, 3.05) is 30.8 Å². The van der Waals surface area contributed by atoms with Crippen molar-refractivity contribution in [3.05, 3.63) is 88.9 Å². The van der Waals surface area contributed by atoms with E-state index in [0.717, 1.165) is 29.5 Å². The van der Waals surface area contributed by atoms with E-state index in [1.54, 1.807) is 44.3 Å². The number of hydrogen-bond donors (Lipinski definition) is 4. The molecule has 2 aliphatic heterocycles. The van der Waals surface area contributed by atoms with Crippen LogP contribution in [0.5, 0.6) is 5.75 Å². The molecule has 12 nitrogen and oxygen atoms in total. The lowest BCUT2D eigenvalue weighted by atomic mass is 10.0. The molecule has 1 fully saturated rings. The molecule has 2 amide bonds. The summed E-state index contributed by atoms with van der Waals surface area (Å²) < 4.78 is 61.8. The average Bonchev–Trinajstić information content (AvgIpc) is 3.66. The monoisotopic (exact) mass is 625 g/mol. The number of carbonyl (C=O) groups is 2. The Morgan fingerprint density at radius 2 is 1.77 bits per heavy atom. The summed E-state index contributed by atoms with van der Waals surface area (Å²) >= 11 is 0. The number of aromatic nitrogens is 3. The van der Waals surface area contributed by atoms with Gasteiger partial charge in [0, 0.05) is 43.5 Å². The number of nitrogens with one attached hydrogen (secondary N) is 4. The van der Waals surface area contributed by atoms with Crippen LogP contribution >= 0.6 is 0 Å². The standard InChI is InChI=1S/C29H29F2N7O5S/c1-29(2)25-22(15-38(29)44(41,42)20-10-16(30)9-17(31)11-20)26(36-35-25)34-27(39)21-7-6-18(43-19-13-37(3)14-19)12-24(21)33-28(40)23-5-4-8-32-23/h4-12,19,32H,13-15H2,1-3H3,(H,33,40)(H2,34,35,36,39). The van der Waals surface area contributed by atoms with Crippen molar-refractivity contribution >= 4 is 33.3 Å². The van der Waals surface area contributed by atoms with E-state index < -0.39 is 43.9 Å². The van der Waals surface area contributed by atoms with Gasteiger partial charge >= 0.3 is 0 Å². The normalized spacial score (nSPS) is 16.8. The number of carbonyl (C=O) groups excluding carboxylic acids is 2. The van der Waals surface area contributed by atoms with Crippen molar-refractivity contribution in [3.8, 4) is 5.75 Å². The molecule has 0 spiro atoms. The molecule has 0 unspecified atom stereocenters. The number of nitrogens with zero attached hydrogens (tertiary/aromatic N) is 3. The second kappa shape index (κ2) is 10.8. The molecule has 230 valence electrons. The third-order valence-electron chi connectivity index (χ3n) is 7.72. The fraction of sp³-hybridized carbons (Fsp3) is 0.276. The van der Waals surface area contributed by atoms with Crippen molar-refractivity contribution in [1.82, 2.24) is 24.4 Å². The van der Waals surface area contributed by atoms with Crippen molar-refractivity contribution in [3.63, 3.8) is 0 Å². The number of amides is 2. The highest BCUT2D eigenvalue weighted by Crippen LogP contribution is 2.44. The van der Waals surface area contributed by atoms with Gasteiger partial charge in [-0.1, -0.05) is 0 Å². The van der Waals surface area contributed by atoms with Gasteiger partial charge in [0.1, 0.15) is 29.2 Å². The zero-order chi connectivity index (χ0) is 31.4. The predicted molar refractivity (Wildman–Crippen MR) is 156 cm³/mol. The van der Waals surface area contributed by atoms with E-state index in [1.165, 1.54) is 6.07 Å². The van der Waals surface area contributed by atoms with Gasteiger partial charge in [-0.05, 0) is 57.3 Å². The Balaban J connectivity index is 1.27. The Labute approximate surface area is 251 Å². The summed E-state index contributed by atoms with van der Waals surface area (Å²) in [6, 6.07) is 10.1. The number of likely N-dealkylation sites (N-methyl/N-ethyl adjacent to an activating group) is 1. The second-order valence-corrected chi connectivity index (χ2v) is 13.1. The molecule has 2 aliphatic rings. The number of benzene rings is 2. The van der Waals surface area contributed by atoms with Crippen LogP contribution in [0.15, 0.2) is 59.6 Å². The lowest BCUT2D eigenvalue weighted by molar-refractivity contribution is 0.0389. The van der Waals surface area contributed by atoms with Crippen molar-refractivity contribution < 1.29 is 31.5 Å². The van der Waals surface area contributed by atoms with Gasteiger partial charge in [0.2, 0.25) is 10.0 Å². The molecule has 0 saturated carbocycles. The zero-order valence-corrected chi connectivity index (χ0v) is 24.8. The van der Waals surface area contributed by atoms with Crippen LogP contribution in [0.3, 0.4) is 0 Å². The van der Waals surface area contributed by atoms with E-state index in [-0.39, 0.29) is 35.4 Å². The van der Waals surface area contributed by atoms with Crippen LogP contribution in [0.25, 0.3) is 0 Å². The minimum Gasteiger partial charge on any atom is -0.488 e. The highest BCUT2D eigenvalue weighted by atomic mass is 32.2. The molecule has 0 aliphatic carbocycles. The number of anilines is 2. The molecule has 0 bridgehead atoms. The van der Waals surface area contributed by atoms with Crippen LogP contribution in [-0.4, -0.2) is 70.9 Å². The minimum atomic E-state index is -4.36. The molecule has 2 aromatic heterocycles. The molecule has 4 aromatic rings. The topological polar surface area (TPSA) is 153 Å². The van der Waals surface area contributed by atoms with Crippen molar-refractivity contribution in [2.24, 2.45) is 0 Å². The van der Waals surface area contributed by atoms with Crippen LogP contribution in [0.2, 0.25) is 0 Å². The molecule has 4 N–H and O–H groups in total. The van der Waals surface area contributed by atoms with E-state index in [1.807, 2.05) is 7.05 Å². The average molecular weight is 626 g/mol. The first-order valence-electron chi connectivity index (χ1n) is 13.6. The largest absolute Gasteiger partial charge is 0.488 e. The highest BCUT2D eigenvalue weighted by molar-refractivity contribution is 7.89. The maximum Gasteiger partial charge on any atom is 0.272 e. The number of likely N-dealkylation sites (tertiary alicyclic amines) is 1. The van der Waals surface area contributed by atoms with Crippen LogP contribution in [0.1, 0.15) is 46.0 Å². The van der Waals surface area contributed by atoms with E-state index in [0.29, 0.717) is 23.1 Å². The van der Waals surface area contributed by atoms with Crippen molar-refractivity contribution in [2.45, 2.75) is 36.9 Å². The van der Waals surface area contributed by atoms with E-state index in [9.17, 15) is 26.8 Å². The zero-order valence-electron chi connectivity index (χ0n) is 23.9. The minimum absolute atomic E-state index is 0.0234. The number of fused-ring (bicyclic) bond motifs is 1. The quantitative estimate of drug-likeness (QED) is 0.233. The summed E-state index contributed by atoms with van der Waals surface area (Å²) in [5.74, 6) is -2.60. The predicted octanol–water partition coefficient (Wildman–Crippen LogP) is 3.65. The molecule has 2 aromatic carbocycles. The number of ether oxygens (including phenoxy) is 1. The first-order chi connectivity index (χ1) is 20.8. The SMILES string of the molecule is CN1CC(Oc2ccc(C(=O)Nc3n[nH]c4c3CN(S(=O)(=O)c3cc(F)cc(F)c3)C4(C)C)c(NC(=O)c3ccc[nH]3)c2)C1. The maximum atomic E-state index is 13.9. The molecule has 4 heterocycles. The van der Waals surface area contributed by atoms with E-state index >= 15 is 0 Å². The third-order valence-corrected chi connectivity index (χ3v) is 9.72.